The molecule has 1 aromatic heterocycles. The Morgan fingerprint density at radius 2 is 1.72 bits per heavy atom. The second-order valence-electron chi connectivity index (χ2n) is 5.76. The van der Waals surface area contributed by atoms with Crippen molar-refractivity contribution in [1.82, 2.24) is 4.98 Å². The Hall–Kier alpha value is -1.07. The van der Waals surface area contributed by atoms with Crippen molar-refractivity contribution < 1.29 is 9.31 Å². The summed E-state index contributed by atoms with van der Waals surface area (Å²) in [4.78, 5) is 4.33. The molecule has 1 N–H and O–H groups in total. The summed E-state index contributed by atoms with van der Waals surface area (Å²) in [6, 6.07) is 2.00. The quantitative estimate of drug-likeness (QED) is 0.809. The summed E-state index contributed by atoms with van der Waals surface area (Å²) < 4.78 is 12.0. The second-order valence-corrected chi connectivity index (χ2v) is 5.76. The van der Waals surface area contributed by atoms with E-state index in [4.69, 9.17) is 9.31 Å². The zero-order valence-electron chi connectivity index (χ0n) is 12.0. The van der Waals surface area contributed by atoms with E-state index >= 15 is 0 Å². The summed E-state index contributed by atoms with van der Waals surface area (Å²) >= 11 is 0. The lowest BCUT2D eigenvalue weighted by Gasteiger charge is -2.32. The van der Waals surface area contributed by atoms with E-state index in [1.807, 2.05) is 26.2 Å². The van der Waals surface area contributed by atoms with Gasteiger partial charge in [-0.3, -0.25) is 0 Å². The summed E-state index contributed by atoms with van der Waals surface area (Å²) in [5.74, 6) is 0.854. The largest absolute Gasteiger partial charge is 0.496 e. The molecule has 18 heavy (non-hydrogen) atoms. The van der Waals surface area contributed by atoms with Crippen LogP contribution in [0.15, 0.2) is 12.3 Å². The first kappa shape index (κ1) is 13.4. The Morgan fingerprint density at radius 3 is 2.17 bits per heavy atom. The molecule has 0 atom stereocenters. The molecule has 0 saturated carbocycles. The number of aryl methyl sites for hydroxylation is 1. The number of aromatic nitrogens is 1. The van der Waals surface area contributed by atoms with Crippen LogP contribution in [0.2, 0.25) is 0 Å². The summed E-state index contributed by atoms with van der Waals surface area (Å²) in [5, 5.41) is 3.03. The van der Waals surface area contributed by atoms with Crippen LogP contribution in [0.4, 0.5) is 5.82 Å². The Morgan fingerprint density at radius 1 is 1.17 bits per heavy atom. The Labute approximate surface area is 109 Å². The van der Waals surface area contributed by atoms with Gasteiger partial charge >= 0.3 is 7.12 Å². The van der Waals surface area contributed by atoms with E-state index in [9.17, 15) is 0 Å². The highest BCUT2D eigenvalue weighted by molar-refractivity contribution is 6.62. The van der Waals surface area contributed by atoms with Gasteiger partial charge in [0.25, 0.3) is 0 Å². The third-order valence-corrected chi connectivity index (χ3v) is 3.91. The molecule has 0 unspecified atom stereocenters. The third kappa shape index (κ3) is 2.13. The van der Waals surface area contributed by atoms with Crippen molar-refractivity contribution in [1.29, 1.82) is 0 Å². The Bertz CT molecular complexity index is 444. The van der Waals surface area contributed by atoms with E-state index in [1.54, 1.807) is 0 Å². The molecule has 0 amide bonds. The summed E-state index contributed by atoms with van der Waals surface area (Å²) in [7, 11) is 1.52. The molecule has 1 fully saturated rings. The smallest absolute Gasteiger partial charge is 0.399 e. The molecule has 1 aliphatic heterocycles. The minimum Gasteiger partial charge on any atom is -0.399 e. The number of nitrogens with one attached hydrogen (secondary N) is 1. The van der Waals surface area contributed by atoms with Gasteiger partial charge in [0.15, 0.2) is 0 Å². The SMILES string of the molecule is CNc1cc(C)c(B2OC(C)(C)C(C)(C)O2)cn1. The molecule has 0 spiro atoms. The molecule has 1 saturated heterocycles. The molecule has 98 valence electrons. The molecule has 0 aromatic carbocycles. The molecule has 0 radical (unpaired) electrons. The number of hydrogen-bond acceptors (Lipinski definition) is 4. The molecule has 2 rings (SSSR count). The van der Waals surface area contributed by atoms with Gasteiger partial charge in [-0.2, -0.15) is 0 Å². The molecule has 1 aromatic rings. The average Bonchev–Trinajstić information content (AvgIpc) is 2.47. The van der Waals surface area contributed by atoms with Gasteiger partial charge in [-0.05, 0) is 46.2 Å². The fraction of sp³-hybridized carbons (Fsp3) is 0.615. The van der Waals surface area contributed by atoms with Gasteiger partial charge in [0.05, 0.1) is 11.2 Å². The maximum Gasteiger partial charge on any atom is 0.496 e. The van der Waals surface area contributed by atoms with Crippen LogP contribution in [0, 0.1) is 6.92 Å². The monoisotopic (exact) mass is 248 g/mol. The van der Waals surface area contributed by atoms with Crippen LogP contribution in [-0.4, -0.2) is 30.4 Å². The molecule has 1 aliphatic rings. The van der Waals surface area contributed by atoms with Crippen LogP contribution < -0.4 is 10.8 Å². The maximum atomic E-state index is 6.02. The average molecular weight is 248 g/mol. The van der Waals surface area contributed by atoms with Crippen molar-refractivity contribution in [2.45, 2.75) is 45.8 Å². The number of nitrogens with zero attached hydrogens (tertiary/aromatic N) is 1. The summed E-state index contributed by atoms with van der Waals surface area (Å²) in [6.45, 7) is 10.3. The lowest BCUT2D eigenvalue weighted by Crippen LogP contribution is -2.41. The predicted octanol–water partition coefficient (Wildman–Crippen LogP) is 1.73. The first-order chi connectivity index (χ1) is 8.27. The highest BCUT2D eigenvalue weighted by Crippen LogP contribution is 2.36. The maximum absolute atomic E-state index is 6.02. The van der Waals surface area contributed by atoms with E-state index < -0.39 is 0 Å². The fourth-order valence-electron chi connectivity index (χ4n) is 1.92. The highest BCUT2D eigenvalue weighted by Gasteiger charge is 2.52. The van der Waals surface area contributed by atoms with E-state index in [1.165, 1.54) is 0 Å². The van der Waals surface area contributed by atoms with Crippen LogP contribution in [-0.2, 0) is 9.31 Å². The van der Waals surface area contributed by atoms with Crippen molar-refractivity contribution in [3.8, 4) is 0 Å². The predicted molar refractivity (Wildman–Crippen MR) is 74.2 cm³/mol. The normalized spacial score (nSPS) is 21.1. The summed E-state index contributed by atoms with van der Waals surface area (Å²) in [5.41, 5.74) is 1.48. The third-order valence-electron chi connectivity index (χ3n) is 3.91. The number of hydrogen-bond donors (Lipinski definition) is 1. The molecule has 0 aliphatic carbocycles. The first-order valence-corrected chi connectivity index (χ1v) is 6.27. The van der Waals surface area contributed by atoms with E-state index in [-0.39, 0.29) is 18.3 Å². The Kier molecular flexibility index (Phi) is 3.15. The van der Waals surface area contributed by atoms with Crippen molar-refractivity contribution in [2.75, 3.05) is 12.4 Å². The number of pyridine rings is 1. The zero-order chi connectivity index (χ0) is 13.6. The van der Waals surface area contributed by atoms with Gasteiger partial charge in [0.1, 0.15) is 5.82 Å². The second kappa shape index (κ2) is 4.25. The van der Waals surface area contributed by atoms with Crippen molar-refractivity contribution >= 4 is 18.4 Å². The molecule has 5 heteroatoms. The lowest BCUT2D eigenvalue weighted by atomic mass is 9.77. The van der Waals surface area contributed by atoms with E-state index in [2.05, 4.69) is 38.0 Å². The molecular weight excluding hydrogens is 227 g/mol. The van der Waals surface area contributed by atoms with Crippen molar-refractivity contribution in [3.63, 3.8) is 0 Å². The molecule has 0 bridgehead atoms. The van der Waals surface area contributed by atoms with E-state index in [0.29, 0.717) is 0 Å². The first-order valence-electron chi connectivity index (χ1n) is 6.27. The number of rotatable bonds is 2. The Balaban J connectivity index is 2.30. The van der Waals surface area contributed by atoms with Gasteiger partial charge < -0.3 is 14.6 Å². The molecular formula is C13H21BN2O2. The summed E-state index contributed by atoms with van der Waals surface area (Å²) in [6.07, 6.45) is 1.82. The minimum atomic E-state index is -0.339. The molecule has 2 heterocycles. The minimum absolute atomic E-state index is 0.314. The van der Waals surface area contributed by atoms with Gasteiger partial charge in [-0.25, -0.2) is 4.98 Å². The van der Waals surface area contributed by atoms with Gasteiger partial charge in [0, 0.05) is 18.7 Å². The lowest BCUT2D eigenvalue weighted by molar-refractivity contribution is 0.00578. The fourth-order valence-corrected chi connectivity index (χ4v) is 1.92. The molecule has 4 nitrogen and oxygen atoms in total. The number of anilines is 1. The van der Waals surface area contributed by atoms with E-state index in [0.717, 1.165) is 16.8 Å². The van der Waals surface area contributed by atoms with Crippen LogP contribution in [0.5, 0.6) is 0 Å². The van der Waals surface area contributed by atoms with Gasteiger partial charge in [-0.1, -0.05) is 0 Å². The van der Waals surface area contributed by atoms with Crippen molar-refractivity contribution in [2.24, 2.45) is 0 Å². The van der Waals surface area contributed by atoms with Crippen molar-refractivity contribution in [3.05, 3.63) is 17.8 Å². The topological polar surface area (TPSA) is 43.4 Å². The van der Waals surface area contributed by atoms with Gasteiger partial charge in [-0.15, -0.1) is 0 Å². The van der Waals surface area contributed by atoms with Crippen LogP contribution in [0.25, 0.3) is 0 Å². The zero-order valence-corrected chi connectivity index (χ0v) is 12.0. The van der Waals surface area contributed by atoms with Crippen LogP contribution in [0.1, 0.15) is 33.3 Å². The van der Waals surface area contributed by atoms with Crippen LogP contribution >= 0.6 is 0 Å². The standard InChI is InChI=1S/C13H21BN2O2/c1-9-7-11(15-6)16-8-10(9)14-17-12(2,3)13(4,5)18-14/h7-8H,1-6H3,(H,15,16). The van der Waals surface area contributed by atoms with Gasteiger partial charge in [0.2, 0.25) is 0 Å². The van der Waals surface area contributed by atoms with Crippen LogP contribution in [0.3, 0.4) is 0 Å². The highest BCUT2D eigenvalue weighted by atomic mass is 16.7.